The molecule has 0 spiro atoms. The third kappa shape index (κ3) is 8.46. The van der Waals surface area contributed by atoms with Crippen LogP contribution in [0.3, 0.4) is 0 Å². The number of hydrogen-bond acceptors (Lipinski definition) is 7. The summed E-state index contributed by atoms with van der Waals surface area (Å²) in [5.41, 5.74) is 1.95. The molecule has 3 rings (SSSR count). The monoisotopic (exact) mass is 555 g/mol. The lowest BCUT2D eigenvalue weighted by atomic mass is 10.2. The number of likely N-dealkylation sites (N-methyl/N-ethyl adjacent to an activating group) is 1. The lowest BCUT2D eigenvalue weighted by molar-refractivity contribution is -0.118. The fourth-order valence-corrected chi connectivity index (χ4v) is 6.15. The van der Waals surface area contributed by atoms with E-state index in [1.807, 2.05) is 0 Å². The molecule has 3 aromatic rings. The third-order valence-electron chi connectivity index (χ3n) is 5.67. The summed E-state index contributed by atoms with van der Waals surface area (Å²) in [6, 6.07) is 13.4. The van der Waals surface area contributed by atoms with Crippen LogP contribution in [0.2, 0.25) is 0 Å². The fourth-order valence-electron chi connectivity index (χ4n) is 3.53. The van der Waals surface area contributed by atoms with Crippen LogP contribution in [-0.2, 0) is 14.6 Å². The highest BCUT2D eigenvalue weighted by molar-refractivity contribution is 7.99. The normalized spacial score (nSPS) is 11.6. The molecule has 0 bridgehead atoms. The van der Waals surface area contributed by atoms with E-state index in [1.54, 1.807) is 34.9 Å². The number of anilines is 1. The zero-order chi connectivity index (χ0) is 24.7. The first kappa shape index (κ1) is 29.6. The summed E-state index contributed by atoms with van der Waals surface area (Å²) >= 11 is 3.14. The van der Waals surface area contributed by atoms with E-state index in [1.165, 1.54) is 28.1 Å². The molecule has 0 saturated carbocycles. The lowest BCUT2D eigenvalue weighted by Gasteiger charge is -2.24. The van der Waals surface area contributed by atoms with E-state index in [0.717, 1.165) is 36.5 Å². The summed E-state index contributed by atoms with van der Waals surface area (Å²) in [6.07, 6.45) is 2.43. The van der Waals surface area contributed by atoms with Gasteiger partial charge in [-0.3, -0.25) is 9.69 Å². The zero-order valence-electron chi connectivity index (χ0n) is 20.7. The highest BCUT2D eigenvalue weighted by Crippen LogP contribution is 2.31. The van der Waals surface area contributed by atoms with Gasteiger partial charge in [0.2, 0.25) is 5.91 Å². The van der Waals surface area contributed by atoms with Gasteiger partial charge in [0, 0.05) is 30.7 Å². The van der Waals surface area contributed by atoms with Crippen LogP contribution in [0.1, 0.15) is 32.3 Å². The van der Waals surface area contributed by atoms with Crippen LogP contribution in [0.15, 0.2) is 52.3 Å². The Morgan fingerprint density at radius 1 is 1.06 bits per heavy atom. The maximum Gasteiger partial charge on any atom is 0.228 e. The van der Waals surface area contributed by atoms with Gasteiger partial charge in [0.25, 0.3) is 0 Å². The summed E-state index contributed by atoms with van der Waals surface area (Å²) in [4.78, 5) is 23.5. The van der Waals surface area contributed by atoms with Crippen molar-refractivity contribution in [3.8, 4) is 0 Å². The molecule has 0 unspecified atom stereocenters. The Bertz CT molecular complexity index is 1210. The number of amides is 1. The second kappa shape index (κ2) is 13.6. The minimum Gasteiger partial charge on any atom is -0.302 e. The average molecular weight is 556 g/mol. The van der Waals surface area contributed by atoms with Crippen LogP contribution in [0, 0.1) is 6.92 Å². The number of aryl methyl sites for hydroxylation is 1. The number of halogens is 1. The van der Waals surface area contributed by atoms with Gasteiger partial charge < -0.3 is 4.90 Å². The Hall–Kier alpha value is -1.65. The van der Waals surface area contributed by atoms with Crippen LogP contribution in [-0.4, -0.2) is 62.4 Å². The number of benzene rings is 2. The molecule has 0 aliphatic rings. The van der Waals surface area contributed by atoms with Crippen molar-refractivity contribution in [3.63, 3.8) is 0 Å². The van der Waals surface area contributed by atoms with Gasteiger partial charge in [-0.25, -0.2) is 13.4 Å². The maximum absolute atomic E-state index is 13.3. The summed E-state index contributed by atoms with van der Waals surface area (Å²) in [7, 11) is -3.30. The van der Waals surface area contributed by atoms with Crippen LogP contribution in [0.5, 0.6) is 0 Å². The number of aromatic nitrogens is 1. The Morgan fingerprint density at radius 3 is 2.37 bits per heavy atom. The molecule has 0 fully saturated rings. The highest BCUT2D eigenvalue weighted by Gasteiger charge is 2.21. The molecule has 6 nitrogen and oxygen atoms in total. The van der Waals surface area contributed by atoms with Crippen molar-refractivity contribution in [1.82, 2.24) is 9.88 Å². The summed E-state index contributed by atoms with van der Waals surface area (Å²) in [5.74, 6) is 0.926. The molecule has 0 N–H and O–H groups in total. The molecule has 0 atom stereocenters. The van der Waals surface area contributed by atoms with E-state index in [-0.39, 0.29) is 23.2 Å². The predicted octanol–water partition coefficient (Wildman–Crippen LogP) is 5.68. The van der Waals surface area contributed by atoms with E-state index in [4.69, 9.17) is 0 Å². The molecule has 1 aromatic heterocycles. The SMILES string of the molecule is CCN(CC)CCN(C(=O)CCCSc1ccc(C)cc1)c1nc2ccc(S(C)(=O)=O)cc2s1.Cl. The highest BCUT2D eigenvalue weighted by atomic mass is 35.5. The van der Waals surface area contributed by atoms with E-state index >= 15 is 0 Å². The van der Waals surface area contributed by atoms with Gasteiger partial charge in [0.1, 0.15) is 0 Å². The summed E-state index contributed by atoms with van der Waals surface area (Å²) in [5, 5.41) is 0.629. The Morgan fingerprint density at radius 2 is 1.74 bits per heavy atom. The van der Waals surface area contributed by atoms with Crippen molar-refractivity contribution >= 4 is 66.6 Å². The molecule has 0 saturated heterocycles. The van der Waals surface area contributed by atoms with Crippen LogP contribution >= 0.6 is 35.5 Å². The number of thiazole rings is 1. The number of nitrogens with zero attached hydrogens (tertiary/aromatic N) is 3. The van der Waals surface area contributed by atoms with Gasteiger partial charge in [0.05, 0.1) is 15.1 Å². The maximum atomic E-state index is 13.3. The first-order valence-electron chi connectivity index (χ1n) is 11.5. The van der Waals surface area contributed by atoms with E-state index < -0.39 is 9.84 Å². The number of carbonyl (C=O) groups is 1. The largest absolute Gasteiger partial charge is 0.302 e. The number of rotatable bonds is 12. The molecular formula is C25H34ClN3O3S3. The van der Waals surface area contributed by atoms with Crippen molar-refractivity contribution in [2.45, 2.75) is 43.4 Å². The topological polar surface area (TPSA) is 70.6 Å². The molecule has 1 heterocycles. The van der Waals surface area contributed by atoms with Crippen molar-refractivity contribution < 1.29 is 13.2 Å². The molecule has 192 valence electrons. The summed E-state index contributed by atoms with van der Waals surface area (Å²) < 4.78 is 24.7. The number of fused-ring (bicyclic) bond motifs is 1. The molecule has 0 aliphatic carbocycles. The Kier molecular flexibility index (Phi) is 11.5. The predicted molar refractivity (Wildman–Crippen MR) is 151 cm³/mol. The summed E-state index contributed by atoms with van der Waals surface area (Å²) in [6.45, 7) is 9.47. The third-order valence-corrected chi connectivity index (χ3v) is 8.92. The first-order valence-corrected chi connectivity index (χ1v) is 15.2. The second-order valence-electron chi connectivity index (χ2n) is 8.24. The molecule has 35 heavy (non-hydrogen) atoms. The van der Waals surface area contributed by atoms with E-state index in [2.05, 4.69) is 54.9 Å². The minimum absolute atomic E-state index is 0. The zero-order valence-corrected chi connectivity index (χ0v) is 24.0. The molecule has 2 aromatic carbocycles. The second-order valence-corrected chi connectivity index (χ2v) is 12.4. The molecule has 10 heteroatoms. The van der Waals surface area contributed by atoms with Gasteiger partial charge >= 0.3 is 0 Å². The van der Waals surface area contributed by atoms with E-state index in [9.17, 15) is 13.2 Å². The van der Waals surface area contributed by atoms with Crippen molar-refractivity contribution in [3.05, 3.63) is 48.0 Å². The quantitative estimate of drug-likeness (QED) is 0.211. The first-order chi connectivity index (χ1) is 16.2. The van der Waals surface area contributed by atoms with Gasteiger partial charge in [0.15, 0.2) is 15.0 Å². The minimum atomic E-state index is -3.30. The number of sulfone groups is 1. The standard InChI is InChI=1S/C25H33N3O3S3.ClH/c1-5-27(6-2)15-16-28(24(29)8-7-17-32-20-11-9-19(3)10-12-20)25-26-22-14-13-21(34(4,30)31)18-23(22)33-25;/h9-14,18H,5-8,15-17H2,1-4H3;1H. The van der Waals surface area contributed by atoms with E-state index in [0.29, 0.717) is 23.6 Å². The average Bonchev–Trinajstić information content (AvgIpc) is 3.23. The van der Waals surface area contributed by atoms with Crippen LogP contribution in [0.4, 0.5) is 5.13 Å². The molecule has 0 radical (unpaired) electrons. The van der Waals surface area contributed by atoms with Crippen LogP contribution < -0.4 is 4.90 Å². The molecule has 1 amide bonds. The Balaban J connectivity index is 0.00000432. The fraction of sp³-hybridized carbons (Fsp3) is 0.440. The molecular weight excluding hydrogens is 522 g/mol. The number of hydrogen-bond donors (Lipinski definition) is 0. The van der Waals surface area contributed by atoms with Crippen molar-refractivity contribution in [2.24, 2.45) is 0 Å². The van der Waals surface area contributed by atoms with Crippen LogP contribution in [0.25, 0.3) is 10.2 Å². The van der Waals surface area contributed by atoms with Gasteiger partial charge in [-0.05, 0) is 62.5 Å². The Labute approximate surface area is 223 Å². The van der Waals surface area contributed by atoms with Gasteiger partial charge in [-0.1, -0.05) is 42.9 Å². The van der Waals surface area contributed by atoms with Crippen molar-refractivity contribution in [1.29, 1.82) is 0 Å². The van der Waals surface area contributed by atoms with Gasteiger partial charge in [-0.2, -0.15) is 0 Å². The number of thioether (sulfide) groups is 1. The van der Waals surface area contributed by atoms with Gasteiger partial charge in [-0.15, -0.1) is 24.2 Å². The number of carbonyl (C=O) groups excluding carboxylic acids is 1. The van der Waals surface area contributed by atoms with Crippen molar-refractivity contribution in [2.75, 3.05) is 43.1 Å². The molecule has 0 aliphatic heterocycles. The smallest absolute Gasteiger partial charge is 0.228 e. The lowest BCUT2D eigenvalue weighted by Crippen LogP contribution is -2.38.